The molecule has 0 saturated carbocycles. The lowest BCUT2D eigenvalue weighted by Crippen LogP contribution is -2.23. The number of rotatable bonds is 5. The summed E-state index contributed by atoms with van der Waals surface area (Å²) < 4.78 is 18.7. The van der Waals surface area contributed by atoms with Crippen LogP contribution in [0.15, 0.2) is 29.8 Å². The first-order valence-electron chi connectivity index (χ1n) is 7.52. The third kappa shape index (κ3) is 3.60. The van der Waals surface area contributed by atoms with E-state index >= 15 is 0 Å². The predicted octanol–water partition coefficient (Wildman–Crippen LogP) is 4.38. The van der Waals surface area contributed by atoms with Gasteiger partial charge in [-0.15, -0.1) is 0 Å². The van der Waals surface area contributed by atoms with Crippen LogP contribution in [-0.4, -0.2) is 13.7 Å². The fourth-order valence-corrected chi connectivity index (χ4v) is 2.83. The lowest BCUT2D eigenvalue weighted by atomic mass is 9.94. The van der Waals surface area contributed by atoms with Crippen LogP contribution in [0.4, 0.5) is 4.39 Å². The molecule has 0 saturated heterocycles. The molecule has 0 radical (unpaired) electrons. The predicted molar refractivity (Wildman–Crippen MR) is 80.5 cm³/mol. The average Bonchev–Trinajstić information content (AvgIpc) is 2.74. The van der Waals surface area contributed by atoms with Gasteiger partial charge in [0.2, 0.25) is 0 Å². The molecule has 1 atom stereocenters. The van der Waals surface area contributed by atoms with Crippen LogP contribution in [0, 0.1) is 5.82 Å². The van der Waals surface area contributed by atoms with Gasteiger partial charge in [-0.1, -0.05) is 31.1 Å². The van der Waals surface area contributed by atoms with Crippen LogP contribution in [0.1, 0.15) is 50.6 Å². The molecule has 0 aliphatic heterocycles. The molecule has 3 heteroatoms. The molecule has 0 bridgehead atoms. The Morgan fingerprint density at radius 3 is 2.90 bits per heavy atom. The number of ether oxygens (including phenoxy) is 1. The molecular weight excluding hydrogens is 253 g/mol. The highest BCUT2D eigenvalue weighted by molar-refractivity contribution is 5.36. The second kappa shape index (κ2) is 7.44. The highest BCUT2D eigenvalue weighted by Crippen LogP contribution is 2.31. The maximum atomic E-state index is 13.6. The third-order valence-electron chi connectivity index (χ3n) is 3.86. The van der Waals surface area contributed by atoms with Crippen molar-refractivity contribution in [3.63, 3.8) is 0 Å². The Morgan fingerprint density at radius 1 is 1.30 bits per heavy atom. The number of halogens is 1. The van der Waals surface area contributed by atoms with Crippen molar-refractivity contribution in [1.29, 1.82) is 0 Å². The average molecular weight is 277 g/mol. The summed E-state index contributed by atoms with van der Waals surface area (Å²) >= 11 is 0. The van der Waals surface area contributed by atoms with Gasteiger partial charge in [-0.3, -0.25) is 0 Å². The first kappa shape index (κ1) is 15.0. The van der Waals surface area contributed by atoms with E-state index in [-0.39, 0.29) is 11.9 Å². The summed E-state index contributed by atoms with van der Waals surface area (Å²) in [6, 6.07) is 5.34. The number of methoxy groups -OCH3 is 1. The SMILES string of the molecule is CCNC(C1=CCCCCC1)c1ccc(F)c(OC)c1. The largest absolute Gasteiger partial charge is 0.494 e. The number of hydrogen-bond donors (Lipinski definition) is 1. The number of hydrogen-bond acceptors (Lipinski definition) is 2. The van der Waals surface area contributed by atoms with Gasteiger partial charge in [0.25, 0.3) is 0 Å². The van der Waals surface area contributed by atoms with Crippen molar-refractivity contribution < 1.29 is 9.13 Å². The number of benzene rings is 1. The van der Waals surface area contributed by atoms with Gasteiger partial charge in [0.1, 0.15) is 0 Å². The Balaban J connectivity index is 2.29. The molecule has 0 amide bonds. The van der Waals surface area contributed by atoms with E-state index in [0.29, 0.717) is 5.75 Å². The van der Waals surface area contributed by atoms with Gasteiger partial charge in [0, 0.05) is 0 Å². The van der Waals surface area contributed by atoms with Crippen LogP contribution >= 0.6 is 0 Å². The van der Waals surface area contributed by atoms with Gasteiger partial charge in [0.15, 0.2) is 11.6 Å². The Hall–Kier alpha value is -1.35. The summed E-state index contributed by atoms with van der Waals surface area (Å²) in [5.41, 5.74) is 2.51. The van der Waals surface area contributed by atoms with Crippen LogP contribution in [0.25, 0.3) is 0 Å². The van der Waals surface area contributed by atoms with E-state index in [9.17, 15) is 4.39 Å². The van der Waals surface area contributed by atoms with Gasteiger partial charge >= 0.3 is 0 Å². The van der Waals surface area contributed by atoms with Gasteiger partial charge in [-0.25, -0.2) is 4.39 Å². The molecule has 1 N–H and O–H groups in total. The Labute approximate surface area is 121 Å². The highest BCUT2D eigenvalue weighted by Gasteiger charge is 2.18. The van der Waals surface area contributed by atoms with E-state index in [2.05, 4.69) is 18.3 Å². The van der Waals surface area contributed by atoms with E-state index < -0.39 is 0 Å². The van der Waals surface area contributed by atoms with Crippen molar-refractivity contribution in [2.24, 2.45) is 0 Å². The molecule has 1 aromatic carbocycles. The van der Waals surface area contributed by atoms with Crippen LogP contribution in [0.3, 0.4) is 0 Å². The maximum Gasteiger partial charge on any atom is 0.165 e. The summed E-state index contributed by atoms with van der Waals surface area (Å²) in [6.07, 6.45) is 8.44. The lowest BCUT2D eigenvalue weighted by Gasteiger charge is -2.22. The molecule has 0 aromatic heterocycles. The first-order valence-corrected chi connectivity index (χ1v) is 7.52. The molecule has 1 aliphatic carbocycles. The van der Waals surface area contributed by atoms with Crippen molar-refractivity contribution in [3.8, 4) is 5.75 Å². The molecular formula is C17H24FNO. The smallest absolute Gasteiger partial charge is 0.165 e. The molecule has 110 valence electrons. The quantitative estimate of drug-likeness (QED) is 0.807. The molecule has 2 rings (SSSR count). The van der Waals surface area contributed by atoms with E-state index in [1.54, 1.807) is 0 Å². The van der Waals surface area contributed by atoms with Crippen LogP contribution in [0.5, 0.6) is 5.75 Å². The highest BCUT2D eigenvalue weighted by atomic mass is 19.1. The van der Waals surface area contributed by atoms with Crippen molar-refractivity contribution in [2.45, 2.75) is 45.1 Å². The zero-order chi connectivity index (χ0) is 14.4. The van der Waals surface area contributed by atoms with Gasteiger partial charge in [-0.05, 0) is 49.9 Å². The number of likely N-dealkylation sites (N-methyl/N-ethyl adjacent to an activating group) is 1. The standard InChI is InChI=1S/C17H24FNO/c1-3-19-17(13-8-6-4-5-7-9-13)14-10-11-15(18)16(12-14)20-2/h8,10-12,17,19H,3-7,9H2,1-2H3. The lowest BCUT2D eigenvalue weighted by molar-refractivity contribution is 0.385. The Kier molecular flexibility index (Phi) is 5.60. The van der Waals surface area contributed by atoms with Gasteiger partial charge < -0.3 is 10.1 Å². The zero-order valence-electron chi connectivity index (χ0n) is 12.4. The summed E-state index contributed by atoms with van der Waals surface area (Å²) in [5, 5.41) is 3.52. The third-order valence-corrected chi connectivity index (χ3v) is 3.86. The zero-order valence-corrected chi connectivity index (χ0v) is 12.4. The van der Waals surface area contributed by atoms with Crippen molar-refractivity contribution in [3.05, 3.63) is 41.2 Å². The number of allylic oxidation sites excluding steroid dienone is 1. The molecule has 1 aromatic rings. The Morgan fingerprint density at radius 2 is 2.15 bits per heavy atom. The van der Waals surface area contributed by atoms with Gasteiger partial charge in [0.05, 0.1) is 13.2 Å². The summed E-state index contributed by atoms with van der Waals surface area (Å²) in [4.78, 5) is 0. The van der Waals surface area contributed by atoms with Crippen LogP contribution in [-0.2, 0) is 0 Å². The van der Waals surface area contributed by atoms with Gasteiger partial charge in [-0.2, -0.15) is 0 Å². The molecule has 0 fully saturated rings. The normalized spacial score (nSPS) is 17.2. The maximum absolute atomic E-state index is 13.6. The van der Waals surface area contributed by atoms with Crippen molar-refractivity contribution in [2.75, 3.05) is 13.7 Å². The van der Waals surface area contributed by atoms with Crippen molar-refractivity contribution >= 4 is 0 Å². The molecule has 0 heterocycles. The second-order valence-corrected chi connectivity index (χ2v) is 5.26. The summed E-state index contributed by atoms with van der Waals surface area (Å²) in [7, 11) is 1.51. The number of nitrogens with one attached hydrogen (secondary N) is 1. The molecule has 0 spiro atoms. The van der Waals surface area contributed by atoms with Crippen LogP contribution in [0.2, 0.25) is 0 Å². The van der Waals surface area contributed by atoms with E-state index in [1.807, 2.05) is 12.1 Å². The summed E-state index contributed by atoms with van der Waals surface area (Å²) in [6.45, 7) is 2.99. The fraction of sp³-hybridized carbons (Fsp3) is 0.529. The summed E-state index contributed by atoms with van der Waals surface area (Å²) in [5.74, 6) is 0.0148. The minimum atomic E-state index is -0.304. The topological polar surface area (TPSA) is 21.3 Å². The van der Waals surface area contributed by atoms with E-state index in [0.717, 1.165) is 24.9 Å². The van der Waals surface area contributed by atoms with E-state index in [1.165, 1.54) is 38.0 Å². The molecule has 2 nitrogen and oxygen atoms in total. The van der Waals surface area contributed by atoms with E-state index in [4.69, 9.17) is 4.74 Å². The molecule has 1 aliphatic rings. The van der Waals surface area contributed by atoms with Crippen molar-refractivity contribution in [1.82, 2.24) is 5.32 Å². The Bertz CT molecular complexity index is 470. The second-order valence-electron chi connectivity index (χ2n) is 5.26. The minimum absolute atomic E-state index is 0.174. The minimum Gasteiger partial charge on any atom is -0.494 e. The van der Waals surface area contributed by atoms with Crippen LogP contribution < -0.4 is 10.1 Å². The fourth-order valence-electron chi connectivity index (χ4n) is 2.83. The monoisotopic (exact) mass is 277 g/mol. The molecule has 20 heavy (non-hydrogen) atoms. The molecule has 1 unspecified atom stereocenters. The first-order chi connectivity index (χ1) is 9.76.